The van der Waals surface area contributed by atoms with Crippen LogP contribution in [-0.2, 0) is 11.2 Å². The molecule has 0 radical (unpaired) electrons. The van der Waals surface area contributed by atoms with Gasteiger partial charge in [0.25, 0.3) is 0 Å². The number of nitrogens with two attached hydrogens (primary N) is 1. The summed E-state index contributed by atoms with van der Waals surface area (Å²) in [6, 6.07) is 8.72. The van der Waals surface area contributed by atoms with E-state index < -0.39 is 0 Å². The van der Waals surface area contributed by atoms with Gasteiger partial charge in [-0.2, -0.15) is 0 Å². The van der Waals surface area contributed by atoms with Crippen LogP contribution in [0.25, 0.3) is 0 Å². The largest absolute Gasteiger partial charge is 0.376 e. The molecular formula is C16H25NO. The Morgan fingerprint density at radius 3 is 2.72 bits per heavy atom. The van der Waals surface area contributed by atoms with Crippen molar-refractivity contribution in [1.29, 1.82) is 0 Å². The van der Waals surface area contributed by atoms with Gasteiger partial charge in [-0.05, 0) is 43.2 Å². The SMILES string of the molecule is CCCc1cccc(C(N)C(OCC)C2CC2)c1. The minimum Gasteiger partial charge on any atom is -0.376 e. The molecule has 1 aliphatic carbocycles. The average molecular weight is 247 g/mol. The lowest BCUT2D eigenvalue weighted by atomic mass is 9.96. The Hall–Kier alpha value is -0.860. The molecule has 2 unspecified atom stereocenters. The lowest BCUT2D eigenvalue weighted by molar-refractivity contribution is 0.0283. The van der Waals surface area contributed by atoms with Crippen molar-refractivity contribution >= 4 is 0 Å². The summed E-state index contributed by atoms with van der Waals surface area (Å²) in [5.74, 6) is 0.676. The lowest BCUT2D eigenvalue weighted by Crippen LogP contribution is -2.31. The van der Waals surface area contributed by atoms with Crippen molar-refractivity contribution in [2.24, 2.45) is 11.7 Å². The highest BCUT2D eigenvalue weighted by atomic mass is 16.5. The van der Waals surface area contributed by atoms with E-state index in [9.17, 15) is 0 Å². The van der Waals surface area contributed by atoms with Crippen molar-refractivity contribution < 1.29 is 4.74 Å². The van der Waals surface area contributed by atoms with Crippen LogP contribution in [0.3, 0.4) is 0 Å². The van der Waals surface area contributed by atoms with Crippen LogP contribution in [0.15, 0.2) is 24.3 Å². The van der Waals surface area contributed by atoms with Crippen LogP contribution in [0, 0.1) is 5.92 Å². The zero-order valence-electron chi connectivity index (χ0n) is 11.6. The van der Waals surface area contributed by atoms with E-state index in [2.05, 4.69) is 38.1 Å². The Labute approximate surface area is 111 Å². The van der Waals surface area contributed by atoms with Crippen LogP contribution in [0.4, 0.5) is 0 Å². The highest BCUT2D eigenvalue weighted by molar-refractivity contribution is 5.27. The minimum atomic E-state index is 0.0225. The molecule has 2 N–H and O–H groups in total. The fraction of sp³-hybridized carbons (Fsp3) is 0.625. The maximum Gasteiger partial charge on any atom is 0.0795 e. The van der Waals surface area contributed by atoms with Crippen LogP contribution < -0.4 is 5.73 Å². The van der Waals surface area contributed by atoms with Gasteiger partial charge in [-0.3, -0.25) is 0 Å². The second kappa shape index (κ2) is 6.35. The van der Waals surface area contributed by atoms with Crippen LogP contribution in [0.1, 0.15) is 50.3 Å². The topological polar surface area (TPSA) is 35.2 Å². The second-order valence-electron chi connectivity index (χ2n) is 5.28. The summed E-state index contributed by atoms with van der Waals surface area (Å²) >= 11 is 0. The molecule has 0 heterocycles. The summed E-state index contributed by atoms with van der Waals surface area (Å²) in [5.41, 5.74) is 9.02. The third-order valence-electron chi connectivity index (χ3n) is 3.67. The third-order valence-corrected chi connectivity index (χ3v) is 3.67. The van der Waals surface area contributed by atoms with Crippen molar-refractivity contribution in [1.82, 2.24) is 0 Å². The number of rotatable bonds is 7. The predicted octanol–water partition coefficient (Wildman–Crippen LogP) is 3.45. The van der Waals surface area contributed by atoms with E-state index >= 15 is 0 Å². The molecule has 2 nitrogen and oxygen atoms in total. The first kappa shape index (κ1) is 13.6. The first-order valence-electron chi connectivity index (χ1n) is 7.22. The van der Waals surface area contributed by atoms with Crippen LogP contribution in [-0.4, -0.2) is 12.7 Å². The van der Waals surface area contributed by atoms with E-state index in [1.165, 1.54) is 30.4 Å². The number of hydrogen-bond acceptors (Lipinski definition) is 2. The molecule has 2 atom stereocenters. The normalized spacial score (nSPS) is 18.6. The van der Waals surface area contributed by atoms with Gasteiger partial charge in [0.15, 0.2) is 0 Å². The molecule has 1 fully saturated rings. The maximum atomic E-state index is 6.41. The number of hydrogen-bond donors (Lipinski definition) is 1. The third kappa shape index (κ3) is 3.33. The fourth-order valence-electron chi connectivity index (χ4n) is 2.58. The maximum absolute atomic E-state index is 6.41. The van der Waals surface area contributed by atoms with Gasteiger partial charge < -0.3 is 10.5 Å². The van der Waals surface area contributed by atoms with E-state index in [0.29, 0.717) is 5.92 Å². The molecule has 1 aromatic carbocycles. The van der Waals surface area contributed by atoms with E-state index in [0.717, 1.165) is 13.0 Å². The molecule has 100 valence electrons. The van der Waals surface area contributed by atoms with Crippen LogP contribution >= 0.6 is 0 Å². The molecule has 1 aliphatic rings. The molecule has 0 aromatic heterocycles. The molecule has 1 aromatic rings. The predicted molar refractivity (Wildman–Crippen MR) is 75.5 cm³/mol. The van der Waals surface area contributed by atoms with E-state index in [1.54, 1.807) is 0 Å². The molecule has 18 heavy (non-hydrogen) atoms. The van der Waals surface area contributed by atoms with Crippen molar-refractivity contribution in [3.8, 4) is 0 Å². The van der Waals surface area contributed by atoms with Gasteiger partial charge in [-0.25, -0.2) is 0 Å². The van der Waals surface area contributed by atoms with E-state index in [4.69, 9.17) is 10.5 Å². The van der Waals surface area contributed by atoms with Crippen molar-refractivity contribution in [2.75, 3.05) is 6.61 Å². The van der Waals surface area contributed by atoms with Gasteiger partial charge in [0, 0.05) is 6.61 Å². The Morgan fingerprint density at radius 2 is 2.11 bits per heavy atom. The molecule has 0 aliphatic heterocycles. The Bertz CT molecular complexity index is 373. The van der Waals surface area contributed by atoms with Crippen LogP contribution in [0.2, 0.25) is 0 Å². The molecule has 0 spiro atoms. The van der Waals surface area contributed by atoms with Crippen molar-refractivity contribution in [3.63, 3.8) is 0 Å². The van der Waals surface area contributed by atoms with Gasteiger partial charge in [-0.1, -0.05) is 37.6 Å². The van der Waals surface area contributed by atoms with Gasteiger partial charge in [-0.15, -0.1) is 0 Å². The van der Waals surface area contributed by atoms with Gasteiger partial charge in [0.05, 0.1) is 12.1 Å². The summed E-state index contributed by atoms with van der Waals surface area (Å²) in [5, 5.41) is 0. The molecular weight excluding hydrogens is 222 g/mol. The monoisotopic (exact) mass is 247 g/mol. The van der Waals surface area contributed by atoms with Gasteiger partial charge in [0.1, 0.15) is 0 Å². The van der Waals surface area contributed by atoms with Gasteiger partial charge >= 0.3 is 0 Å². The molecule has 0 amide bonds. The van der Waals surface area contributed by atoms with E-state index in [1.807, 2.05) is 0 Å². The summed E-state index contributed by atoms with van der Waals surface area (Å²) in [4.78, 5) is 0. The first-order valence-corrected chi connectivity index (χ1v) is 7.22. The smallest absolute Gasteiger partial charge is 0.0795 e. The summed E-state index contributed by atoms with van der Waals surface area (Å²) in [6.07, 6.45) is 5.05. The Kier molecular flexibility index (Phi) is 4.79. The summed E-state index contributed by atoms with van der Waals surface area (Å²) < 4.78 is 5.86. The quantitative estimate of drug-likeness (QED) is 0.801. The molecule has 0 saturated heterocycles. The van der Waals surface area contributed by atoms with Crippen molar-refractivity contribution in [2.45, 2.75) is 51.7 Å². The zero-order valence-corrected chi connectivity index (χ0v) is 11.6. The number of aryl methyl sites for hydroxylation is 1. The number of ether oxygens (including phenoxy) is 1. The number of benzene rings is 1. The molecule has 2 heteroatoms. The minimum absolute atomic E-state index is 0.0225. The van der Waals surface area contributed by atoms with Crippen molar-refractivity contribution in [3.05, 3.63) is 35.4 Å². The summed E-state index contributed by atoms with van der Waals surface area (Å²) in [6.45, 7) is 5.01. The zero-order chi connectivity index (χ0) is 13.0. The van der Waals surface area contributed by atoms with Crippen LogP contribution in [0.5, 0.6) is 0 Å². The standard InChI is InChI=1S/C16H25NO/c1-3-6-12-7-5-8-14(11-12)15(17)16(18-4-2)13-9-10-13/h5,7-8,11,13,15-16H,3-4,6,9-10,17H2,1-2H3. The summed E-state index contributed by atoms with van der Waals surface area (Å²) in [7, 11) is 0. The van der Waals surface area contributed by atoms with Gasteiger partial charge in [0.2, 0.25) is 0 Å². The Morgan fingerprint density at radius 1 is 1.33 bits per heavy atom. The highest BCUT2D eigenvalue weighted by Crippen LogP contribution is 2.39. The molecule has 2 rings (SSSR count). The Balaban J connectivity index is 2.10. The molecule has 0 bridgehead atoms. The molecule has 1 saturated carbocycles. The van der Waals surface area contributed by atoms with E-state index in [-0.39, 0.29) is 12.1 Å². The lowest BCUT2D eigenvalue weighted by Gasteiger charge is -2.24. The second-order valence-corrected chi connectivity index (χ2v) is 5.28. The first-order chi connectivity index (χ1) is 8.76. The average Bonchev–Trinajstić information content (AvgIpc) is 3.20. The fourth-order valence-corrected chi connectivity index (χ4v) is 2.58. The highest BCUT2D eigenvalue weighted by Gasteiger charge is 2.36.